The van der Waals surface area contributed by atoms with Crippen molar-refractivity contribution in [2.75, 3.05) is 46.2 Å². The molecule has 3 heterocycles. The molecule has 10 heteroatoms. The number of nitrogens with zero attached hydrogens (tertiary/aromatic N) is 3. The van der Waals surface area contributed by atoms with Gasteiger partial charge in [-0.25, -0.2) is 4.68 Å². The second kappa shape index (κ2) is 10.3. The van der Waals surface area contributed by atoms with Gasteiger partial charge in [0.15, 0.2) is 17.5 Å². The highest BCUT2D eigenvalue weighted by Gasteiger charge is 2.46. The van der Waals surface area contributed by atoms with Crippen molar-refractivity contribution in [2.24, 2.45) is 5.92 Å². The van der Waals surface area contributed by atoms with Gasteiger partial charge in [0.25, 0.3) is 0 Å². The summed E-state index contributed by atoms with van der Waals surface area (Å²) in [5, 5.41) is 10.8. The summed E-state index contributed by atoms with van der Waals surface area (Å²) < 4.78 is 54.1. The average Bonchev–Trinajstić information content (AvgIpc) is 3.30. The molecule has 2 unspecified atom stereocenters. The molecule has 2 aromatic carbocycles. The van der Waals surface area contributed by atoms with Gasteiger partial charge in [-0.1, -0.05) is 30.3 Å². The van der Waals surface area contributed by atoms with E-state index in [2.05, 4.69) is 20.6 Å². The number of methoxy groups -OCH3 is 2. The standard InChI is InChI=1S/C27H32F3N5O2/c1-31-13-18-15-34(16-18)14-17-4-6-19(7-5-17)22-12-26-32-21(11-25(27(28,29)30)35(26)33-22)20-8-9-23(36-2)24(10-20)37-3/h4-10,12,18,21,25,31-32H,11,13-16H2,1-3H3. The number of aromatic nitrogens is 2. The number of alkyl halides is 3. The topological polar surface area (TPSA) is 63.6 Å². The van der Waals surface area contributed by atoms with Gasteiger partial charge in [-0.3, -0.25) is 4.90 Å². The molecule has 2 N–H and O–H groups in total. The summed E-state index contributed by atoms with van der Waals surface area (Å²) in [6.07, 6.45) is -4.63. The number of fused-ring (bicyclic) bond motifs is 1. The van der Waals surface area contributed by atoms with Crippen molar-refractivity contribution >= 4 is 5.82 Å². The zero-order valence-electron chi connectivity index (χ0n) is 21.2. The predicted molar refractivity (Wildman–Crippen MR) is 136 cm³/mol. The van der Waals surface area contributed by atoms with Gasteiger partial charge in [0, 0.05) is 44.2 Å². The predicted octanol–water partition coefficient (Wildman–Crippen LogP) is 4.88. The van der Waals surface area contributed by atoms with E-state index >= 15 is 0 Å². The largest absolute Gasteiger partial charge is 0.493 e. The van der Waals surface area contributed by atoms with Crippen LogP contribution in [0.2, 0.25) is 0 Å². The number of nitrogens with one attached hydrogen (secondary N) is 2. The van der Waals surface area contributed by atoms with E-state index in [1.807, 2.05) is 31.3 Å². The van der Waals surface area contributed by atoms with Gasteiger partial charge in [-0.05, 0) is 36.2 Å². The molecule has 1 aromatic heterocycles. The first kappa shape index (κ1) is 25.4. The smallest absolute Gasteiger partial charge is 0.410 e. The molecule has 0 bridgehead atoms. The minimum atomic E-state index is -4.44. The molecule has 1 saturated heterocycles. The van der Waals surface area contributed by atoms with Crippen molar-refractivity contribution in [1.82, 2.24) is 20.0 Å². The number of hydrogen-bond acceptors (Lipinski definition) is 6. The van der Waals surface area contributed by atoms with Gasteiger partial charge in [0.2, 0.25) is 0 Å². The van der Waals surface area contributed by atoms with E-state index < -0.39 is 18.3 Å². The highest BCUT2D eigenvalue weighted by atomic mass is 19.4. The van der Waals surface area contributed by atoms with E-state index in [4.69, 9.17) is 9.47 Å². The summed E-state index contributed by atoms with van der Waals surface area (Å²) in [6.45, 7) is 4.04. The lowest BCUT2D eigenvalue weighted by molar-refractivity contribution is -0.173. The Morgan fingerprint density at radius 3 is 2.41 bits per heavy atom. The minimum absolute atomic E-state index is 0.184. The molecule has 2 aliphatic heterocycles. The molecule has 7 nitrogen and oxygen atoms in total. The van der Waals surface area contributed by atoms with Crippen molar-refractivity contribution in [3.05, 3.63) is 59.7 Å². The van der Waals surface area contributed by atoms with Crippen LogP contribution in [-0.4, -0.2) is 61.8 Å². The van der Waals surface area contributed by atoms with Gasteiger partial charge in [-0.15, -0.1) is 0 Å². The first-order valence-electron chi connectivity index (χ1n) is 12.4. The maximum atomic E-state index is 14.1. The fourth-order valence-electron chi connectivity index (χ4n) is 5.27. The third-order valence-electron chi connectivity index (χ3n) is 7.18. The molecule has 0 radical (unpaired) electrons. The number of ether oxygens (including phenoxy) is 2. The Bertz CT molecular complexity index is 1220. The summed E-state index contributed by atoms with van der Waals surface area (Å²) in [7, 11) is 5.00. The third-order valence-corrected chi connectivity index (χ3v) is 7.18. The molecule has 2 atom stereocenters. The number of benzene rings is 2. The molecule has 2 aliphatic rings. The van der Waals surface area contributed by atoms with Crippen molar-refractivity contribution in [3.63, 3.8) is 0 Å². The number of hydrogen-bond donors (Lipinski definition) is 2. The van der Waals surface area contributed by atoms with E-state index in [0.29, 0.717) is 34.5 Å². The van der Waals surface area contributed by atoms with Crippen LogP contribution in [0.25, 0.3) is 11.3 Å². The van der Waals surface area contributed by atoms with E-state index in [-0.39, 0.29) is 6.42 Å². The van der Waals surface area contributed by atoms with Crippen molar-refractivity contribution < 1.29 is 22.6 Å². The Balaban J connectivity index is 1.36. The Labute approximate surface area is 214 Å². The van der Waals surface area contributed by atoms with Crippen LogP contribution in [0.5, 0.6) is 11.5 Å². The van der Waals surface area contributed by atoms with Gasteiger partial charge >= 0.3 is 6.18 Å². The van der Waals surface area contributed by atoms with E-state index in [0.717, 1.165) is 36.4 Å². The van der Waals surface area contributed by atoms with E-state index in [1.165, 1.54) is 19.8 Å². The van der Waals surface area contributed by atoms with Crippen LogP contribution in [0, 0.1) is 5.92 Å². The molecule has 0 aliphatic carbocycles. The van der Waals surface area contributed by atoms with Crippen LogP contribution in [0.1, 0.15) is 29.6 Å². The first-order valence-corrected chi connectivity index (χ1v) is 12.4. The van der Waals surface area contributed by atoms with Crippen LogP contribution < -0.4 is 20.1 Å². The Morgan fingerprint density at radius 2 is 1.76 bits per heavy atom. The Morgan fingerprint density at radius 1 is 1.03 bits per heavy atom. The molecule has 37 heavy (non-hydrogen) atoms. The van der Waals surface area contributed by atoms with Crippen LogP contribution in [0.4, 0.5) is 19.0 Å². The fraction of sp³-hybridized carbons (Fsp3) is 0.444. The maximum absolute atomic E-state index is 14.1. The third kappa shape index (κ3) is 5.26. The van der Waals surface area contributed by atoms with Crippen molar-refractivity contribution in [1.29, 1.82) is 0 Å². The lowest BCUT2D eigenvalue weighted by Crippen LogP contribution is -2.49. The second-order valence-corrected chi connectivity index (χ2v) is 9.78. The van der Waals surface area contributed by atoms with Gasteiger partial charge in [0.05, 0.1) is 26.0 Å². The summed E-state index contributed by atoms with van der Waals surface area (Å²) >= 11 is 0. The monoisotopic (exact) mass is 515 g/mol. The molecule has 3 aromatic rings. The number of likely N-dealkylation sites (tertiary alicyclic amines) is 1. The zero-order chi connectivity index (χ0) is 26.2. The molecule has 0 amide bonds. The van der Waals surface area contributed by atoms with Crippen LogP contribution in [0.3, 0.4) is 0 Å². The average molecular weight is 516 g/mol. The Kier molecular flexibility index (Phi) is 7.04. The Hall–Kier alpha value is -3.24. The lowest BCUT2D eigenvalue weighted by Gasteiger charge is -2.39. The van der Waals surface area contributed by atoms with Gasteiger partial charge < -0.3 is 20.1 Å². The molecular formula is C27H32F3N5O2. The number of rotatable bonds is 8. The maximum Gasteiger partial charge on any atom is 0.410 e. The molecule has 0 spiro atoms. The van der Waals surface area contributed by atoms with Crippen molar-refractivity contribution in [3.8, 4) is 22.8 Å². The molecule has 5 rings (SSSR count). The minimum Gasteiger partial charge on any atom is -0.493 e. The summed E-state index contributed by atoms with van der Waals surface area (Å²) in [4.78, 5) is 2.39. The van der Waals surface area contributed by atoms with Crippen molar-refractivity contribution in [2.45, 2.75) is 31.2 Å². The second-order valence-electron chi connectivity index (χ2n) is 9.78. The van der Waals surface area contributed by atoms with E-state index in [9.17, 15) is 13.2 Å². The summed E-state index contributed by atoms with van der Waals surface area (Å²) in [6, 6.07) is 12.5. The normalized spacial score (nSPS) is 20.2. The zero-order valence-corrected chi connectivity index (χ0v) is 21.2. The summed E-state index contributed by atoms with van der Waals surface area (Å²) in [5.74, 6) is 2.03. The summed E-state index contributed by atoms with van der Waals surface area (Å²) in [5.41, 5.74) is 3.16. The number of anilines is 1. The molecule has 198 valence electrons. The van der Waals surface area contributed by atoms with Gasteiger partial charge in [0.1, 0.15) is 5.82 Å². The lowest BCUT2D eigenvalue weighted by atomic mass is 9.96. The fourth-order valence-corrected chi connectivity index (χ4v) is 5.27. The quantitative estimate of drug-likeness (QED) is 0.446. The molecule has 1 fully saturated rings. The van der Waals surface area contributed by atoms with Crippen LogP contribution in [0.15, 0.2) is 48.5 Å². The number of halogens is 3. The van der Waals surface area contributed by atoms with Gasteiger partial charge in [-0.2, -0.15) is 18.3 Å². The van der Waals surface area contributed by atoms with E-state index in [1.54, 1.807) is 24.3 Å². The SMILES string of the molecule is CNCC1CN(Cc2ccc(-c3cc4n(n3)C(C(F)(F)F)CC(c3ccc(OC)c(OC)c3)N4)cc2)C1. The highest BCUT2D eigenvalue weighted by Crippen LogP contribution is 2.45. The van der Waals surface area contributed by atoms with Crippen LogP contribution in [-0.2, 0) is 6.54 Å². The van der Waals surface area contributed by atoms with Crippen LogP contribution >= 0.6 is 0 Å². The first-order chi connectivity index (χ1) is 17.8. The molecular weight excluding hydrogens is 483 g/mol. The molecule has 0 saturated carbocycles. The highest BCUT2D eigenvalue weighted by molar-refractivity contribution is 5.64.